The van der Waals surface area contributed by atoms with E-state index >= 15 is 0 Å². The topological polar surface area (TPSA) is 80.5 Å². The Balaban J connectivity index is 2.32. The number of rotatable bonds is 1. The zero-order chi connectivity index (χ0) is 11.8. The molecule has 0 amide bonds. The largest absolute Gasteiger partial charge is 0.383 e. The molecule has 0 radical (unpaired) electrons. The Morgan fingerprint density at radius 2 is 1.94 bits per heavy atom. The zero-order valence-corrected chi connectivity index (χ0v) is 9.31. The minimum Gasteiger partial charge on any atom is -0.383 e. The third-order valence-corrected chi connectivity index (χ3v) is 2.66. The highest BCUT2D eigenvalue weighted by Gasteiger charge is 2.11. The fraction of sp³-hybridized carbons (Fsp3) is 0.0833. The van der Waals surface area contributed by atoms with Crippen molar-refractivity contribution in [2.75, 3.05) is 5.73 Å². The standard InChI is InChI=1S/C12H11N5/c1-7-16-11(13)10-9(6-15-12(10)17-7)8-2-4-14-5-3-8/h2-6H,1H3,(H3,13,15,16,17). The Morgan fingerprint density at radius 1 is 1.18 bits per heavy atom. The van der Waals surface area contributed by atoms with Crippen LogP contribution in [0.25, 0.3) is 22.2 Å². The normalized spacial score (nSPS) is 10.9. The minimum atomic E-state index is 0.501. The van der Waals surface area contributed by atoms with E-state index in [1.54, 1.807) is 12.4 Å². The molecule has 3 aromatic heterocycles. The van der Waals surface area contributed by atoms with Gasteiger partial charge >= 0.3 is 0 Å². The van der Waals surface area contributed by atoms with Crippen molar-refractivity contribution >= 4 is 16.9 Å². The number of aromatic amines is 1. The number of nitrogen functional groups attached to an aromatic ring is 1. The summed E-state index contributed by atoms with van der Waals surface area (Å²) in [6, 6.07) is 3.86. The maximum atomic E-state index is 5.95. The van der Waals surface area contributed by atoms with Crippen molar-refractivity contribution in [3.8, 4) is 11.1 Å². The number of nitrogens with one attached hydrogen (secondary N) is 1. The second kappa shape index (κ2) is 3.55. The van der Waals surface area contributed by atoms with Crippen molar-refractivity contribution in [3.05, 3.63) is 36.5 Å². The van der Waals surface area contributed by atoms with Gasteiger partial charge < -0.3 is 10.7 Å². The van der Waals surface area contributed by atoms with Gasteiger partial charge in [-0.05, 0) is 24.6 Å². The van der Waals surface area contributed by atoms with Crippen LogP contribution < -0.4 is 5.73 Å². The van der Waals surface area contributed by atoms with Crippen molar-refractivity contribution in [2.45, 2.75) is 6.92 Å². The van der Waals surface area contributed by atoms with E-state index in [0.717, 1.165) is 22.2 Å². The van der Waals surface area contributed by atoms with E-state index in [1.807, 2.05) is 25.3 Å². The third kappa shape index (κ3) is 1.52. The predicted octanol–water partition coefficient (Wildman–Crippen LogP) is 1.91. The highest BCUT2D eigenvalue weighted by Crippen LogP contribution is 2.30. The zero-order valence-electron chi connectivity index (χ0n) is 9.31. The van der Waals surface area contributed by atoms with Gasteiger partial charge in [-0.15, -0.1) is 0 Å². The molecule has 0 spiro atoms. The molecule has 0 saturated heterocycles. The maximum Gasteiger partial charge on any atom is 0.143 e. The van der Waals surface area contributed by atoms with Crippen LogP contribution in [0.15, 0.2) is 30.7 Å². The van der Waals surface area contributed by atoms with Crippen LogP contribution in [0.4, 0.5) is 5.82 Å². The lowest BCUT2D eigenvalue weighted by atomic mass is 10.1. The van der Waals surface area contributed by atoms with Gasteiger partial charge in [0, 0.05) is 24.2 Å². The highest BCUT2D eigenvalue weighted by molar-refractivity contribution is 6.00. The first-order valence-electron chi connectivity index (χ1n) is 5.27. The van der Waals surface area contributed by atoms with Gasteiger partial charge in [-0.2, -0.15) is 0 Å². The van der Waals surface area contributed by atoms with E-state index in [4.69, 9.17) is 5.73 Å². The maximum absolute atomic E-state index is 5.95. The molecule has 0 aliphatic heterocycles. The molecule has 0 aliphatic carbocycles. The molecule has 5 heteroatoms. The van der Waals surface area contributed by atoms with Crippen LogP contribution in [0.5, 0.6) is 0 Å². The molecule has 0 aromatic carbocycles. The summed E-state index contributed by atoms with van der Waals surface area (Å²) in [6.07, 6.45) is 5.39. The molecule has 0 atom stereocenters. The van der Waals surface area contributed by atoms with E-state index in [9.17, 15) is 0 Å². The number of aromatic nitrogens is 4. The number of nitrogens with two attached hydrogens (primary N) is 1. The van der Waals surface area contributed by atoms with Crippen molar-refractivity contribution in [1.82, 2.24) is 19.9 Å². The van der Waals surface area contributed by atoms with Crippen molar-refractivity contribution in [3.63, 3.8) is 0 Å². The smallest absolute Gasteiger partial charge is 0.143 e. The van der Waals surface area contributed by atoms with E-state index < -0.39 is 0 Å². The molecule has 0 fully saturated rings. The molecule has 5 nitrogen and oxygen atoms in total. The number of pyridine rings is 1. The molecule has 3 aromatic rings. The van der Waals surface area contributed by atoms with Crippen LogP contribution in [-0.2, 0) is 0 Å². The fourth-order valence-electron chi connectivity index (χ4n) is 1.94. The van der Waals surface area contributed by atoms with E-state index in [-0.39, 0.29) is 0 Å². The van der Waals surface area contributed by atoms with Gasteiger partial charge in [0.25, 0.3) is 0 Å². The van der Waals surface area contributed by atoms with Gasteiger partial charge in [-0.25, -0.2) is 9.97 Å². The summed E-state index contributed by atoms with van der Waals surface area (Å²) < 4.78 is 0. The van der Waals surface area contributed by atoms with Crippen LogP contribution in [0.2, 0.25) is 0 Å². The Kier molecular flexibility index (Phi) is 2.04. The molecule has 84 valence electrons. The number of anilines is 1. The first-order valence-corrected chi connectivity index (χ1v) is 5.27. The lowest BCUT2D eigenvalue weighted by molar-refractivity contribution is 1.09. The molecular formula is C12H11N5. The number of nitrogens with zero attached hydrogens (tertiary/aromatic N) is 3. The highest BCUT2D eigenvalue weighted by atomic mass is 15.0. The molecule has 0 saturated carbocycles. The molecule has 0 unspecified atom stereocenters. The predicted molar refractivity (Wildman–Crippen MR) is 66.3 cm³/mol. The lowest BCUT2D eigenvalue weighted by Crippen LogP contribution is -1.96. The van der Waals surface area contributed by atoms with Crippen LogP contribution in [-0.4, -0.2) is 19.9 Å². The van der Waals surface area contributed by atoms with Gasteiger partial charge in [0.1, 0.15) is 17.3 Å². The summed E-state index contributed by atoms with van der Waals surface area (Å²) in [4.78, 5) is 15.6. The first-order chi connectivity index (χ1) is 8.25. The Hall–Kier alpha value is -2.43. The second-order valence-electron chi connectivity index (χ2n) is 3.82. The average Bonchev–Trinajstić information content (AvgIpc) is 2.74. The van der Waals surface area contributed by atoms with Crippen LogP contribution in [0, 0.1) is 6.92 Å². The van der Waals surface area contributed by atoms with Crippen LogP contribution in [0.1, 0.15) is 5.82 Å². The number of hydrogen-bond acceptors (Lipinski definition) is 4. The molecule has 0 aliphatic rings. The van der Waals surface area contributed by atoms with Gasteiger partial charge in [0.2, 0.25) is 0 Å². The van der Waals surface area contributed by atoms with Crippen LogP contribution >= 0.6 is 0 Å². The summed E-state index contributed by atoms with van der Waals surface area (Å²) in [7, 11) is 0. The SMILES string of the molecule is Cc1nc(N)c2c(-c3ccncc3)c[nH]c2n1. The van der Waals surface area contributed by atoms with E-state index in [2.05, 4.69) is 19.9 Å². The summed E-state index contributed by atoms with van der Waals surface area (Å²) in [5.74, 6) is 1.17. The Morgan fingerprint density at radius 3 is 2.71 bits per heavy atom. The quantitative estimate of drug-likeness (QED) is 0.663. The molecule has 3 heterocycles. The van der Waals surface area contributed by atoms with Crippen molar-refractivity contribution in [2.24, 2.45) is 0 Å². The third-order valence-electron chi connectivity index (χ3n) is 2.66. The van der Waals surface area contributed by atoms with Crippen molar-refractivity contribution in [1.29, 1.82) is 0 Å². The minimum absolute atomic E-state index is 0.501. The molecule has 0 bridgehead atoms. The molecule has 3 N–H and O–H groups in total. The summed E-state index contributed by atoms with van der Waals surface area (Å²) in [5.41, 5.74) is 8.77. The van der Waals surface area contributed by atoms with Crippen molar-refractivity contribution < 1.29 is 0 Å². The lowest BCUT2D eigenvalue weighted by Gasteiger charge is -2.01. The second-order valence-corrected chi connectivity index (χ2v) is 3.82. The van der Waals surface area contributed by atoms with Gasteiger partial charge in [0.15, 0.2) is 0 Å². The molecular weight excluding hydrogens is 214 g/mol. The van der Waals surface area contributed by atoms with E-state index in [0.29, 0.717) is 11.6 Å². The van der Waals surface area contributed by atoms with Gasteiger partial charge in [-0.3, -0.25) is 4.98 Å². The van der Waals surface area contributed by atoms with Gasteiger partial charge in [-0.1, -0.05) is 0 Å². The summed E-state index contributed by atoms with van der Waals surface area (Å²) in [6.45, 7) is 1.82. The molecule has 3 rings (SSSR count). The Labute approximate surface area is 97.7 Å². The number of aryl methyl sites for hydroxylation is 1. The van der Waals surface area contributed by atoms with Crippen LogP contribution in [0.3, 0.4) is 0 Å². The number of H-pyrrole nitrogens is 1. The first kappa shape index (κ1) is 9.77. The number of fused-ring (bicyclic) bond motifs is 1. The Bertz CT molecular complexity index is 672. The van der Waals surface area contributed by atoms with E-state index in [1.165, 1.54) is 0 Å². The number of hydrogen-bond donors (Lipinski definition) is 2. The molecule has 17 heavy (non-hydrogen) atoms. The summed E-state index contributed by atoms with van der Waals surface area (Å²) >= 11 is 0. The fourth-order valence-corrected chi connectivity index (χ4v) is 1.94. The van der Waals surface area contributed by atoms with Gasteiger partial charge in [0.05, 0.1) is 5.39 Å². The monoisotopic (exact) mass is 225 g/mol. The average molecular weight is 225 g/mol. The summed E-state index contributed by atoms with van der Waals surface area (Å²) in [5, 5.41) is 0.863.